The first-order valence-corrected chi connectivity index (χ1v) is 7.00. The highest BCUT2D eigenvalue weighted by atomic mass is 16.5. The molecular formula is C16H22O2. The van der Waals surface area contributed by atoms with Gasteiger partial charge in [0.25, 0.3) is 0 Å². The second kappa shape index (κ2) is 6.69. The van der Waals surface area contributed by atoms with Crippen molar-refractivity contribution in [1.29, 1.82) is 0 Å². The lowest BCUT2D eigenvalue weighted by Crippen LogP contribution is -2.18. The SMILES string of the molecule is CCOC(C(=O)CC1CCCC1)c1ccccc1. The molecule has 2 heteroatoms. The van der Waals surface area contributed by atoms with Crippen LogP contribution in [0.2, 0.25) is 0 Å². The summed E-state index contributed by atoms with van der Waals surface area (Å²) in [6.07, 6.45) is 5.29. The summed E-state index contributed by atoms with van der Waals surface area (Å²) in [5.74, 6) is 0.833. The van der Waals surface area contributed by atoms with Crippen molar-refractivity contribution >= 4 is 5.78 Å². The molecular weight excluding hydrogens is 224 g/mol. The molecule has 0 saturated heterocycles. The van der Waals surface area contributed by atoms with Crippen molar-refractivity contribution in [2.24, 2.45) is 5.92 Å². The first kappa shape index (κ1) is 13.3. The minimum Gasteiger partial charge on any atom is -0.366 e. The van der Waals surface area contributed by atoms with E-state index in [2.05, 4.69) is 0 Å². The molecule has 1 atom stereocenters. The van der Waals surface area contributed by atoms with E-state index in [4.69, 9.17) is 4.74 Å². The molecule has 18 heavy (non-hydrogen) atoms. The summed E-state index contributed by atoms with van der Waals surface area (Å²) >= 11 is 0. The van der Waals surface area contributed by atoms with Gasteiger partial charge in [0.2, 0.25) is 0 Å². The molecule has 1 aliphatic carbocycles. The number of Topliss-reactive ketones (excluding diaryl/α,β-unsaturated/α-hetero) is 1. The van der Waals surface area contributed by atoms with Crippen LogP contribution >= 0.6 is 0 Å². The highest BCUT2D eigenvalue weighted by molar-refractivity contribution is 5.84. The lowest BCUT2D eigenvalue weighted by atomic mass is 9.95. The van der Waals surface area contributed by atoms with Crippen molar-refractivity contribution in [2.45, 2.75) is 45.1 Å². The van der Waals surface area contributed by atoms with Gasteiger partial charge in [0.1, 0.15) is 6.10 Å². The summed E-state index contributed by atoms with van der Waals surface area (Å²) < 4.78 is 5.65. The maximum Gasteiger partial charge on any atom is 0.166 e. The number of carbonyl (C=O) groups is 1. The molecule has 0 aliphatic heterocycles. The van der Waals surface area contributed by atoms with Crippen molar-refractivity contribution in [3.63, 3.8) is 0 Å². The van der Waals surface area contributed by atoms with E-state index in [0.29, 0.717) is 18.9 Å². The standard InChI is InChI=1S/C16H22O2/c1-2-18-16(14-10-4-3-5-11-14)15(17)12-13-8-6-7-9-13/h3-5,10-11,13,16H,2,6-9,12H2,1H3. The Kier molecular flexibility index (Phi) is 4.94. The predicted octanol–water partition coefficient (Wildman–Crippen LogP) is 3.91. The van der Waals surface area contributed by atoms with E-state index >= 15 is 0 Å². The molecule has 1 aromatic rings. The van der Waals surface area contributed by atoms with Crippen LogP contribution in [0.25, 0.3) is 0 Å². The van der Waals surface area contributed by atoms with Crippen molar-refractivity contribution in [2.75, 3.05) is 6.61 Å². The van der Waals surface area contributed by atoms with Gasteiger partial charge in [-0.05, 0) is 18.4 Å². The third kappa shape index (κ3) is 3.42. The molecule has 0 heterocycles. The minimum absolute atomic E-state index is 0.245. The van der Waals surface area contributed by atoms with E-state index in [-0.39, 0.29) is 11.9 Å². The zero-order valence-corrected chi connectivity index (χ0v) is 11.1. The molecule has 2 rings (SSSR count). The Labute approximate surface area is 109 Å². The maximum atomic E-state index is 12.4. The third-order valence-corrected chi connectivity index (χ3v) is 3.69. The van der Waals surface area contributed by atoms with Crippen LogP contribution in [-0.2, 0) is 9.53 Å². The van der Waals surface area contributed by atoms with E-state index in [0.717, 1.165) is 5.56 Å². The first-order chi connectivity index (χ1) is 8.81. The Hall–Kier alpha value is -1.15. The average molecular weight is 246 g/mol. The molecule has 1 fully saturated rings. The van der Waals surface area contributed by atoms with Crippen LogP contribution in [0.4, 0.5) is 0 Å². The van der Waals surface area contributed by atoms with Crippen molar-refractivity contribution < 1.29 is 9.53 Å². The fourth-order valence-corrected chi connectivity index (χ4v) is 2.78. The van der Waals surface area contributed by atoms with Gasteiger partial charge < -0.3 is 4.74 Å². The van der Waals surface area contributed by atoms with Crippen LogP contribution in [0, 0.1) is 5.92 Å². The Bertz CT molecular complexity index is 366. The van der Waals surface area contributed by atoms with Crippen LogP contribution in [0.5, 0.6) is 0 Å². The monoisotopic (exact) mass is 246 g/mol. The molecule has 0 aromatic heterocycles. The normalized spacial score (nSPS) is 17.8. The summed E-state index contributed by atoms with van der Waals surface area (Å²) in [5, 5.41) is 0. The summed E-state index contributed by atoms with van der Waals surface area (Å²) in [5.41, 5.74) is 0.988. The molecule has 1 unspecified atom stereocenters. The second-order valence-electron chi connectivity index (χ2n) is 5.07. The quantitative estimate of drug-likeness (QED) is 0.760. The number of benzene rings is 1. The number of hydrogen-bond acceptors (Lipinski definition) is 2. The molecule has 0 bridgehead atoms. The van der Waals surface area contributed by atoms with Crippen molar-refractivity contribution in [3.05, 3.63) is 35.9 Å². The topological polar surface area (TPSA) is 26.3 Å². The Balaban J connectivity index is 2.02. The summed E-state index contributed by atoms with van der Waals surface area (Å²) in [4.78, 5) is 12.4. The second-order valence-corrected chi connectivity index (χ2v) is 5.07. The molecule has 1 aromatic carbocycles. The van der Waals surface area contributed by atoms with Gasteiger partial charge in [-0.3, -0.25) is 4.79 Å². The fourth-order valence-electron chi connectivity index (χ4n) is 2.78. The van der Waals surface area contributed by atoms with E-state index in [1.165, 1.54) is 25.7 Å². The zero-order valence-electron chi connectivity index (χ0n) is 11.1. The smallest absolute Gasteiger partial charge is 0.166 e. The van der Waals surface area contributed by atoms with Gasteiger partial charge in [0.05, 0.1) is 0 Å². The van der Waals surface area contributed by atoms with Gasteiger partial charge in [0, 0.05) is 13.0 Å². The maximum absolute atomic E-state index is 12.4. The Morgan fingerprint density at radius 2 is 1.94 bits per heavy atom. The van der Waals surface area contributed by atoms with Crippen LogP contribution in [-0.4, -0.2) is 12.4 Å². The summed E-state index contributed by atoms with van der Waals surface area (Å²) in [7, 11) is 0. The van der Waals surface area contributed by atoms with Crippen molar-refractivity contribution in [1.82, 2.24) is 0 Å². The van der Waals surface area contributed by atoms with E-state index < -0.39 is 0 Å². The highest BCUT2D eigenvalue weighted by Crippen LogP contribution is 2.30. The Morgan fingerprint density at radius 3 is 2.56 bits per heavy atom. The van der Waals surface area contributed by atoms with Gasteiger partial charge >= 0.3 is 0 Å². The largest absolute Gasteiger partial charge is 0.366 e. The number of carbonyl (C=O) groups excluding carboxylic acids is 1. The molecule has 98 valence electrons. The lowest BCUT2D eigenvalue weighted by molar-refractivity contribution is -0.131. The van der Waals surface area contributed by atoms with Crippen LogP contribution in [0.15, 0.2) is 30.3 Å². The van der Waals surface area contributed by atoms with Gasteiger partial charge in [-0.15, -0.1) is 0 Å². The molecule has 0 amide bonds. The van der Waals surface area contributed by atoms with Gasteiger partial charge in [0.15, 0.2) is 5.78 Å². The molecule has 0 spiro atoms. The van der Waals surface area contributed by atoms with E-state index in [9.17, 15) is 4.79 Å². The van der Waals surface area contributed by atoms with Crippen LogP contribution in [0.1, 0.15) is 50.7 Å². The summed E-state index contributed by atoms with van der Waals surface area (Å²) in [6.45, 7) is 2.52. The molecule has 0 radical (unpaired) electrons. The fraction of sp³-hybridized carbons (Fsp3) is 0.562. The van der Waals surface area contributed by atoms with Crippen molar-refractivity contribution in [3.8, 4) is 0 Å². The molecule has 1 saturated carbocycles. The van der Waals surface area contributed by atoms with E-state index in [1.807, 2.05) is 37.3 Å². The van der Waals surface area contributed by atoms with E-state index in [1.54, 1.807) is 0 Å². The highest BCUT2D eigenvalue weighted by Gasteiger charge is 2.25. The first-order valence-electron chi connectivity index (χ1n) is 7.00. The number of rotatable bonds is 6. The molecule has 1 aliphatic rings. The number of hydrogen-bond donors (Lipinski definition) is 0. The Morgan fingerprint density at radius 1 is 1.28 bits per heavy atom. The van der Waals surface area contributed by atoms with Gasteiger partial charge in [-0.1, -0.05) is 56.0 Å². The molecule has 0 N–H and O–H groups in total. The zero-order chi connectivity index (χ0) is 12.8. The number of ether oxygens (including phenoxy) is 1. The van der Waals surface area contributed by atoms with Gasteiger partial charge in [-0.2, -0.15) is 0 Å². The minimum atomic E-state index is -0.364. The van der Waals surface area contributed by atoms with Gasteiger partial charge in [-0.25, -0.2) is 0 Å². The van der Waals surface area contributed by atoms with Crippen LogP contribution in [0.3, 0.4) is 0 Å². The molecule has 2 nitrogen and oxygen atoms in total. The number of ketones is 1. The van der Waals surface area contributed by atoms with Crippen LogP contribution < -0.4 is 0 Å². The predicted molar refractivity (Wildman–Crippen MR) is 72.4 cm³/mol. The average Bonchev–Trinajstić information content (AvgIpc) is 2.89. The summed E-state index contributed by atoms with van der Waals surface area (Å²) in [6, 6.07) is 9.85. The lowest BCUT2D eigenvalue weighted by Gasteiger charge is -2.18. The third-order valence-electron chi connectivity index (χ3n) is 3.69.